The number of ether oxygens (including phenoxy) is 2. The maximum Gasteiger partial charge on any atom is 0.414 e. The Morgan fingerprint density at radius 2 is 1.78 bits per heavy atom. The van der Waals surface area contributed by atoms with Crippen LogP contribution in [0.4, 0.5) is 13.2 Å². The van der Waals surface area contributed by atoms with Crippen LogP contribution in [-0.2, 0) is 11.3 Å². The number of hydrogen-bond donors (Lipinski definition) is 1. The zero-order chi connectivity index (χ0) is 13.6. The van der Waals surface area contributed by atoms with Gasteiger partial charge in [0.25, 0.3) is 0 Å². The molecule has 1 rings (SSSR count). The van der Waals surface area contributed by atoms with E-state index in [1.165, 1.54) is 0 Å². The Hall–Kier alpha value is -1.27. The lowest BCUT2D eigenvalue weighted by atomic mass is 10.2. The quantitative estimate of drug-likeness (QED) is 0.802. The minimum atomic E-state index is -4.33. The van der Waals surface area contributed by atoms with Crippen LogP contribution in [0.3, 0.4) is 0 Å². The zero-order valence-electron chi connectivity index (χ0n) is 10.0. The van der Waals surface area contributed by atoms with Crippen LogP contribution in [0.2, 0.25) is 0 Å². The second-order valence-electron chi connectivity index (χ2n) is 3.75. The van der Waals surface area contributed by atoms with Gasteiger partial charge in [-0.15, -0.1) is 0 Å². The molecule has 0 radical (unpaired) electrons. The van der Waals surface area contributed by atoms with Crippen LogP contribution in [0.25, 0.3) is 0 Å². The molecule has 0 saturated carbocycles. The molecule has 3 nitrogen and oxygen atoms in total. The average Bonchev–Trinajstić information content (AvgIpc) is 2.34. The van der Waals surface area contributed by atoms with Crippen molar-refractivity contribution in [1.29, 1.82) is 0 Å². The highest BCUT2D eigenvalue weighted by Crippen LogP contribution is 2.22. The second-order valence-corrected chi connectivity index (χ2v) is 3.75. The predicted molar refractivity (Wildman–Crippen MR) is 61.3 cm³/mol. The zero-order valence-corrected chi connectivity index (χ0v) is 10.0. The van der Waals surface area contributed by atoms with Crippen molar-refractivity contribution >= 4 is 0 Å². The largest absolute Gasteiger partial charge is 0.491 e. The third-order valence-electron chi connectivity index (χ3n) is 2.34. The topological polar surface area (TPSA) is 44.5 Å². The van der Waals surface area contributed by atoms with E-state index in [4.69, 9.17) is 10.5 Å². The molecule has 2 N–H and O–H groups in total. The molecule has 0 aromatic heterocycles. The fraction of sp³-hybridized carbons (Fsp3) is 0.500. The third-order valence-corrected chi connectivity index (χ3v) is 2.34. The minimum absolute atomic E-state index is 0.0718. The number of alkyl halides is 3. The first-order valence-electron chi connectivity index (χ1n) is 5.53. The van der Waals surface area contributed by atoms with Gasteiger partial charge in [-0.3, -0.25) is 0 Å². The van der Waals surface area contributed by atoms with Crippen molar-refractivity contribution in [2.24, 2.45) is 5.73 Å². The van der Waals surface area contributed by atoms with Crippen LogP contribution < -0.4 is 10.5 Å². The highest BCUT2D eigenvalue weighted by Gasteiger charge is 2.36. The second kappa shape index (κ2) is 6.61. The Labute approximate surface area is 104 Å². The molecule has 1 unspecified atom stereocenters. The van der Waals surface area contributed by atoms with Gasteiger partial charge in [0, 0.05) is 6.54 Å². The summed E-state index contributed by atoms with van der Waals surface area (Å²) in [4.78, 5) is 0. The van der Waals surface area contributed by atoms with E-state index in [2.05, 4.69) is 4.74 Å². The normalized spacial score (nSPS) is 13.4. The summed E-state index contributed by atoms with van der Waals surface area (Å²) in [5.41, 5.74) is 6.39. The maximum atomic E-state index is 12.1. The van der Waals surface area contributed by atoms with E-state index in [-0.39, 0.29) is 13.2 Å². The van der Waals surface area contributed by atoms with Crippen LogP contribution in [0, 0.1) is 0 Å². The molecule has 0 amide bonds. The molecule has 0 aliphatic carbocycles. The Morgan fingerprint density at radius 3 is 2.28 bits per heavy atom. The van der Waals surface area contributed by atoms with E-state index >= 15 is 0 Å². The Morgan fingerprint density at radius 1 is 1.17 bits per heavy atom. The van der Waals surface area contributed by atoms with E-state index in [9.17, 15) is 13.2 Å². The lowest BCUT2D eigenvalue weighted by Crippen LogP contribution is -2.29. The summed E-state index contributed by atoms with van der Waals surface area (Å²) in [6.07, 6.45) is -6.11. The van der Waals surface area contributed by atoms with Gasteiger partial charge in [0.05, 0.1) is 6.61 Å². The van der Waals surface area contributed by atoms with Crippen molar-refractivity contribution in [3.63, 3.8) is 0 Å². The van der Waals surface area contributed by atoms with E-state index < -0.39 is 12.3 Å². The molecule has 6 heteroatoms. The van der Waals surface area contributed by atoms with E-state index in [0.29, 0.717) is 12.3 Å². The van der Waals surface area contributed by atoms with Gasteiger partial charge < -0.3 is 15.2 Å². The molecule has 102 valence electrons. The van der Waals surface area contributed by atoms with Gasteiger partial charge in [0.2, 0.25) is 0 Å². The summed E-state index contributed by atoms with van der Waals surface area (Å²) in [5.74, 6) is 0.579. The smallest absolute Gasteiger partial charge is 0.414 e. The van der Waals surface area contributed by atoms with Gasteiger partial charge in [0.15, 0.2) is 6.10 Å². The van der Waals surface area contributed by atoms with Crippen molar-refractivity contribution in [2.45, 2.75) is 25.7 Å². The van der Waals surface area contributed by atoms with Gasteiger partial charge in [-0.1, -0.05) is 12.1 Å². The molecule has 0 aliphatic heterocycles. The first kappa shape index (κ1) is 14.8. The summed E-state index contributed by atoms with van der Waals surface area (Å²) in [6, 6.07) is 7.04. The van der Waals surface area contributed by atoms with Gasteiger partial charge in [-0.2, -0.15) is 13.2 Å². The lowest BCUT2D eigenvalue weighted by molar-refractivity contribution is -0.215. The Bertz CT molecular complexity index is 351. The highest BCUT2D eigenvalue weighted by atomic mass is 19.4. The van der Waals surface area contributed by atoms with Gasteiger partial charge in [0.1, 0.15) is 12.4 Å². The number of hydrogen-bond acceptors (Lipinski definition) is 3. The molecule has 0 aliphatic rings. The van der Waals surface area contributed by atoms with Crippen LogP contribution in [-0.4, -0.2) is 25.5 Å². The number of nitrogens with two attached hydrogens (primary N) is 1. The first-order chi connectivity index (χ1) is 8.43. The summed E-state index contributed by atoms with van der Waals surface area (Å²) in [5, 5.41) is 0. The van der Waals surface area contributed by atoms with Crippen molar-refractivity contribution in [2.75, 3.05) is 13.2 Å². The fourth-order valence-corrected chi connectivity index (χ4v) is 1.20. The number of rotatable bonds is 6. The molecular formula is C12H16F3NO2. The molecule has 0 bridgehead atoms. The van der Waals surface area contributed by atoms with Crippen LogP contribution in [0.5, 0.6) is 5.75 Å². The van der Waals surface area contributed by atoms with Gasteiger partial charge in [-0.25, -0.2) is 0 Å². The summed E-state index contributed by atoms with van der Waals surface area (Å²) in [6.45, 7) is 1.37. The third kappa shape index (κ3) is 4.93. The Balaban J connectivity index is 2.25. The van der Waals surface area contributed by atoms with Gasteiger partial charge in [-0.05, 0) is 24.6 Å². The molecule has 1 aromatic rings. The molecule has 18 heavy (non-hydrogen) atoms. The molecule has 0 heterocycles. The molecule has 0 fully saturated rings. The molecule has 1 aromatic carbocycles. The van der Waals surface area contributed by atoms with Crippen molar-refractivity contribution in [3.05, 3.63) is 29.8 Å². The summed E-state index contributed by atoms with van der Waals surface area (Å²) >= 11 is 0. The summed E-state index contributed by atoms with van der Waals surface area (Å²) in [7, 11) is 0. The van der Waals surface area contributed by atoms with Crippen LogP contribution >= 0.6 is 0 Å². The standard InChI is InChI=1S/C12H16F3NO2/c1-9(12(13,14)15)17-6-7-18-11-4-2-10(8-16)3-5-11/h2-5,9H,6-8,16H2,1H3. The van der Waals surface area contributed by atoms with E-state index in [1.807, 2.05) is 0 Å². The molecule has 1 atom stereocenters. The minimum Gasteiger partial charge on any atom is -0.491 e. The SMILES string of the molecule is CC(OCCOc1ccc(CN)cc1)C(F)(F)F. The molecule has 0 spiro atoms. The van der Waals surface area contributed by atoms with Crippen molar-refractivity contribution in [1.82, 2.24) is 0 Å². The van der Waals surface area contributed by atoms with Gasteiger partial charge >= 0.3 is 6.18 Å². The highest BCUT2D eigenvalue weighted by molar-refractivity contribution is 5.26. The number of halogens is 3. The van der Waals surface area contributed by atoms with Crippen LogP contribution in [0.15, 0.2) is 24.3 Å². The molecule has 0 saturated heterocycles. The number of benzene rings is 1. The lowest BCUT2D eigenvalue weighted by Gasteiger charge is -2.16. The monoisotopic (exact) mass is 263 g/mol. The van der Waals surface area contributed by atoms with Crippen molar-refractivity contribution in [3.8, 4) is 5.75 Å². The first-order valence-corrected chi connectivity index (χ1v) is 5.53. The van der Waals surface area contributed by atoms with E-state index in [1.54, 1.807) is 24.3 Å². The molecular weight excluding hydrogens is 247 g/mol. The Kier molecular flexibility index (Phi) is 5.43. The maximum absolute atomic E-state index is 12.1. The van der Waals surface area contributed by atoms with Crippen molar-refractivity contribution < 1.29 is 22.6 Å². The predicted octanol–water partition coefficient (Wildman–Crippen LogP) is 2.49. The fourth-order valence-electron chi connectivity index (χ4n) is 1.20. The van der Waals surface area contributed by atoms with Crippen LogP contribution in [0.1, 0.15) is 12.5 Å². The summed E-state index contributed by atoms with van der Waals surface area (Å²) < 4.78 is 46.2. The van der Waals surface area contributed by atoms with E-state index in [0.717, 1.165) is 12.5 Å². The average molecular weight is 263 g/mol.